The summed E-state index contributed by atoms with van der Waals surface area (Å²) >= 11 is 6.14. The van der Waals surface area contributed by atoms with Crippen molar-refractivity contribution in [3.8, 4) is 0 Å². The molecule has 0 saturated carbocycles. The number of amides is 1. The van der Waals surface area contributed by atoms with E-state index in [-0.39, 0.29) is 5.91 Å². The zero-order chi connectivity index (χ0) is 15.9. The van der Waals surface area contributed by atoms with Crippen LogP contribution < -0.4 is 0 Å². The lowest BCUT2D eigenvalue weighted by Crippen LogP contribution is -2.31. The third-order valence-electron chi connectivity index (χ3n) is 3.16. The summed E-state index contributed by atoms with van der Waals surface area (Å²) in [4.78, 5) is 14.1. The van der Waals surface area contributed by atoms with E-state index in [0.29, 0.717) is 30.2 Å². The number of benzene rings is 1. The first-order chi connectivity index (χ1) is 10.7. The van der Waals surface area contributed by atoms with Gasteiger partial charge in [0.2, 0.25) is 0 Å². The highest BCUT2D eigenvalue weighted by atomic mass is 35.5. The number of carbonyl (C=O) groups is 1. The molecule has 2 aromatic rings. The van der Waals surface area contributed by atoms with Gasteiger partial charge in [-0.2, -0.15) is 5.10 Å². The molecule has 22 heavy (non-hydrogen) atoms. The topological polar surface area (TPSA) is 38.1 Å². The first kappa shape index (κ1) is 16.0. The largest absolute Gasteiger partial charge is 0.331 e. The molecule has 0 N–H and O–H groups in total. The highest BCUT2D eigenvalue weighted by Gasteiger charge is 2.15. The van der Waals surface area contributed by atoms with E-state index in [1.54, 1.807) is 34.1 Å². The molecule has 1 aromatic heterocycles. The molecule has 1 amide bonds. The van der Waals surface area contributed by atoms with E-state index in [1.807, 2.05) is 24.3 Å². The second-order valence-electron chi connectivity index (χ2n) is 4.81. The molecule has 0 spiro atoms. The lowest BCUT2D eigenvalue weighted by Gasteiger charge is -2.18. The molecule has 0 bridgehead atoms. The molecule has 0 saturated heterocycles. The molecule has 0 unspecified atom stereocenters. The number of hydrogen-bond donors (Lipinski definition) is 0. The SMILES string of the molecule is C=CCN(CC=C)C(=O)c1cnn(Cc2ccccc2Cl)c1. The van der Waals surface area contributed by atoms with Gasteiger partial charge in [-0.1, -0.05) is 42.0 Å². The maximum absolute atomic E-state index is 12.4. The molecular formula is C17H18ClN3O. The maximum Gasteiger partial charge on any atom is 0.257 e. The minimum absolute atomic E-state index is 0.0924. The summed E-state index contributed by atoms with van der Waals surface area (Å²) in [6.07, 6.45) is 6.67. The zero-order valence-corrected chi connectivity index (χ0v) is 13.0. The molecule has 1 aromatic carbocycles. The Morgan fingerprint density at radius 3 is 2.59 bits per heavy atom. The van der Waals surface area contributed by atoms with Gasteiger partial charge in [0.25, 0.3) is 5.91 Å². The van der Waals surface area contributed by atoms with Crippen molar-refractivity contribution in [2.24, 2.45) is 0 Å². The Hall–Kier alpha value is -2.33. The first-order valence-electron chi connectivity index (χ1n) is 6.92. The van der Waals surface area contributed by atoms with Gasteiger partial charge in [0.15, 0.2) is 0 Å². The summed E-state index contributed by atoms with van der Waals surface area (Å²) in [6.45, 7) is 8.80. The number of halogens is 1. The van der Waals surface area contributed by atoms with Gasteiger partial charge in [-0.05, 0) is 11.6 Å². The minimum atomic E-state index is -0.0924. The molecule has 4 nitrogen and oxygen atoms in total. The van der Waals surface area contributed by atoms with Crippen LogP contribution >= 0.6 is 11.6 Å². The molecule has 0 atom stereocenters. The predicted molar refractivity (Wildman–Crippen MR) is 89.1 cm³/mol. The second-order valence-corrected chi connectivity index (χ2v) is 5.21. The van der Waals surface area contributed by atoms with Gasteiger partial charge in [-0.3, -0.25) is 9.48 Å². The normalized spacial score (nSPS) is 10.2. The summed E-state index contributed by atoms with van der Waals surface area (Å²) in [5, 5.41) is 4.92. The molecule has 0 aliphatic rings. The van der Waals surface area contributed by atoms with Crippen LogP contribution in [-0.2, 0) is 6.54 Å². The number of hydrogen-bond acceptors (Lipinski definition) is 2. The number of rotatable bonds is 7. The molecule has 114 valence electrons. The van der Waals surface area contributed by atoms with Crippen LogP contribution in [0.2, 0.25) is 5.02 Å². The van der Waals surface area contributed by atoms with Crippen LogP contribution in [0.15, 0.2) is 62.0 Å². The monoisotopic (exact) mass is 315 g/mol. The average molecular weight is 316 g/mol. The molecule has 0 aliphatic carbocycles. The van der Waals surface area contributed by atoms with Crippen molar-refractivity contribution < 1.29 is 4.79 Å². The fourth-order valence-corrected chi connectivity index (χ4v) is 2.29. The van der Waals surface area contributed by atoms with Crippen LogP contribution in [0.1, 0.15) is 15.9 Å². The Morgan fingerprint density at radius 1 is 1.27 bits per heavy atom. The van der Waals surface area contributed by atoms with Crippen molar-refractivity contribution in [2.75, 3.05) is 13.1 Å². The molecule has 0 fully saturated rings. The van der Waals surface area contributed by atoms with Crippen LogP contribution in [0.5, 0.6) is 0 Å². The van der Waals surface area contributed by atoms with Crippen molar-refractivity contribution in [3.05, 3.63) is 78.1 Å². The van der Waals surface area contributed by atoms with Crippen LogP contribution in [0.4, 0.5) is 0 Å². The van der Waals surface area contributed by atoms with E-state index in [9.17, 15) is 4.79 Å². The van der Waals surface area contributed by atoms with Gasteiger partial charge in [0.05, 0.1) is 18.3 Å². The van der Waals surface area contributed by atoms with Crippen molar-refractivity contribution in [3.63, 3.8) is 0 Å². The smallest absolute Gasteiger partial charge is 0.257 e. The fraction of sp³-hybridized carbons (Fsp3) is 0.176. The van der Waals surface area contributed by atoms with E-state index in [1.165, 1.54) is 0 Å². The van der Waals surface area contributed by atoms with Gasteiger partial charge >= 0.3 is 0 Å². The Morgan fingerprint density at radius 2 is 1.95 bits per heavy atom. The van der Waals surface area contributed by atoms with E-state index in [4.69, 9.17) is 11.6 Å². The standard InChI is InChI=1S/C17H18ClN3O/c1-3-9-20(10-4-2)17(22)15-11-19-21(13-15)12-14-7-5-6-8-16(14)18/h3-8,11,13H,1-2,9-10,12H2. The first-order valence-corrected chi connectivity index (χ1v) is 7.30. The van der Waals surface area contributed by atoms with E-state index >= 15 is 0 Å². The van der Waals surface area contributed by atoms with Gasteiger partial charge in [-0.25, -0.2) is 0 Å². The Labute approximate surface area is 135 Å². The van der Waals surface area contributed by atoms with E-state index < -0.39 is 0 Å². The summed E-state index contributed by atoms with van der Waals surface area (Å²) in [5.41, 5.74) is 1.50. The van der Waals surface area contributed by atoms with Gasteiger partial charge < -0.3 is 4.90 Å². The molecular weight excluding hydrogens is 298 g/mol. The quantitative estimate of drug-likeness (QED) is 0.734. The van der Waals surface area contributed by atoms with Crippen molar-refractivity contribution in [1.82, 2.24) is 14.7 Å². The third-order valence-corrected chi connectivity index (χ3v) is 3.53. The summed E-state index contributed by atoms with van der Waals surface area (Å²) < 4.78 is 1.70. The Bertz CT molecular complexity index is 668. The summed E-state index contributed by atoms with van der Waals surface area (Å²) in [7, 11) is 0. The maximum atomic E-state index is 12.4. The summed E-state index contributed by atoms with van der Waals surface area (Å²) in [6, 6.07) is 7.58. The van der Waals surface area contributed by atoms with Crippen LogP contribution in [0.3, 0.4) is 0 Å². The molecule has 1 heterocycles. The fourth-order valence-electron chi connectivity index (χ4n) is 2.10. The van der Waals surface area contributed by atoms with Crippen LogP contribution in [0.25, 0.3) is 0 Å². The minimum Gasteiger partial charge on any atom is -0.331 e. The van der Waals surface area contributed by atoms with Crippen molar-refractivity contribution >= 4 is 17.5 Å². The third kappa shape index (κ3) is 3.86. The van der Waals surface area contributed by atoms with Gasteiger partial charge in [0, 0.05) is 24.3 Å². The lowest BCUT2D eigenvalue weighted by molar-refractivity contribution is 0.0790. The molecule has 0 radical (unpaired) electrons. The number of aromatic nitrogens is 2. The number of nitrogens with zero attached hydrogens (tertiary/aromatic N) is 3. The van der Waals surface area contributed by atoms with Crippen molar-refractivity contribution in [2.45, 2.75) is 6.54 Å². The molecule has 5 heteroatoms. The molecule has 0 aliphatic heterocycles. The van der Waals surface area contributed by atoms with Crippen LogP contribution in [0, 0.1) is 0 Å². The van der Waals surface area contributed by atoms with E-state index in [0.717, 1.165) is 5.56 Å². The Kier molecular flexibility index (Phi) is 5.55. The highest BCUT2D eigenvalue weighted by Crippen LogP contribution is 2.16. The summed E-state index contributed by atoms with van der Waals surface area (Å²) in [5.74, 6) is -0.0924. The Balaban J connectivity index is 2.13. The average Bonchev–Trinajstić information content (AvgIpc) is 2.97. The van der Waals surface area contributed by atoms with Gasteiger partial charge in [-0.15, -0.1) is 13.2 Å². The molecule has 2 rings (SSSR count). The lowest BCUT2D eigenvalue weighted by atomic mass is 10.2. The highest BCUT2D eigenvalue weighted by molar-refractivity contribution is 6.31. The zero-order valence-electron chi connectivity index (χ0n) is 12.3. The van der Waals surface area contributed by atoms with E-state index in [2.05, 4.69) is 18.3 Å². The van der Waals surface area contributed by atoms with Crippen LogP contribution in [-0.4, -0.2) is 33.7 Å². The van der Waals surface area contributed by atoms with Gasteiger partial charge in [0.1, 0.15) is 0 Å². The predicted octanol–water partition coefficient (Wildman–Crippen LogP) is 3.40. The van der Waals surface area contributed by atoms with Crippen molar-refractivity contribution in [1.29, 1.82) is 0 Å². The second kappa shape index (κ2) is 7.61. The number of carbonyl (C=O) groups excluding carboxylic acids is 1.